The molecule has 5 nitrogen and oxygen atoms in total. The van der Waals surface area contributed by atoms with E-state index < -0.39 is 0 Å². The summed E-state index contributed by atoms with van der Waals surface area (Å²) in [6.07, 6.45) is 0. The van der Waals surface area contributed by atoms with E-state index >= 15 is 0 Å². The molecule has 0 spiro atoms. The molecule has 0 atom stereocenters. The van der Waals surface area contributed by atoms with E-state index in [0.717, 1.165) is 10.1 Å². The molecule has 2 amide bonds. The van der Waals surface area contributed by atoms with Crippen molar-refractivity contribution < 1.29 is 9.59 Å². The van der Waals surface area contributed by atoms with E-state index in [1.807, 2.05) is 42.5 Å². The highest BCUT2D eigenvalue weighted by molar-refractivity contribution is 14.1. The van der Waals surface area contributed by atoms with Crippen LogP contribution in [0.3, 0.4) is 0 Å². The quantitative estimate of drug-likeness (QED) is 0.518. The lowest BCUT2D eigenvalue weighted by molar-refractivity contribution is -0.116. The van der Waals surface area contributed by atoms with Gasteiger partial charge in [0.15, 0.2) is 0 Å². The van der Waals surface area contributed by atoms with Gasteiger partial charge in [0.05, 0.1) is 12.1 Å². The molecule has 0 aliphatic heterocycles. The van der Waals surface area contributed by atoms with Gasteiger partial charge in [0, 0.05) is 29.4 Å². The van der Waals surface area contributed by atoms with Crippen LogP contribution in [0.5, 0.6) is 0 Å². The minimum atomic E-state index is -0.140. The average molecular weight is 437 g/mol. The smallest absolute Gasteiger partial charge is 0.253 e. The number of nitrogens with one attached hydrogen (secondary N) is 2. The predicted molar refractivity (Wildman–Crippen MR) is 106 cm³/mol. The zero-order chi connectivity index (χ0) is 17.4. The highest BCUT2D eigenvalue weighted by atomic mass is 127. The number of para-hydroxylation sites is 2. The number of hydrogen-bond acceptors (Lipinski definition) is 3. The van der Waals surface area contributed by atoms with Crippen LogP contribution in [0.4, 0.5) is 11.4 Å². The molecule has 2 N–H and O–H groups in total. The van der Waals surface area contributed by atoms with E-state index in [1.54, 1.807) is 24.1 Å². The number of halogens is 1. The zero-order valence-corrected chi connectivity index (χ0v) is 15.6. The molecule has 0 saturated heterocycles. The van der Waals surface area contributed by atoms with Gasteiger partial charge >= 0.3 is 0 Å². The molecular formula is C18H20IN3O2. The fourth-order valence-corrected chi connectivity index (χ4v) is 2.45. The maximum Gasteiger partial charge on any atom is 0.253 e. The van der Waals surface area contributed by atoms with Crippen molar-refractivity contribution in [3.05, 3.63) is 60.2 Å². The zero-order valence-electron chi connectivity index (χ0n) is 13.5. The van der Waals surface area contributed by atoms with Crippen molar-refractivity contribution in [2.45, 2.75) is 0 Å². The summed E-state index contributed by atoms with van der Waals surface area (Å²) in [6.45, 7) is 0.728. The topological polar surface area (TPSA) is 61.4 Å². The average Bonchev–Trinajstić information content (AvgIpc) is 2.64. The first-order valence-corrected chi connectivity index (χ1v) is 9.14. The number of hydrogen-bond donors (Lipinski definition) is 2. The first-order chi connectivity index (χ1) is 11.6. The van der Waals surface area contributed by atoms with Gasteiger partial charge in [-0.3, -0.25) is 9.59 Å². The van der Waals surface area contributed by atoms with Crippen LogP contribution in [0.25, 0.3) is 0 Å². The summed E-state index contributed by atoms with van der Waals surface area (Å²) in [5.41, 5.74) is 2.02. The van der Waals surface area contributed by atoms with Crippen LogP contribution in [-0.2, 0) is 4.79 Å². The van der Waals surface area contributed by atoms with Crippen LogP contribution >= 0.6 is 22.6 Å². The second kappa shape index (κ2) is 9.27. The van der Waals surface area contributed by atoms with Crippen molar-refractivity contribution in [2.24, 2.45) is 0 Å². The van der Waals surface area contributed by atoms with Gasteiger partial charge in [0.2, 0.25) is 5.91 Å². The van der Waals surface area contributed by atoms with E-state index in [-0.39, 0.29) is 18.4 Å². The fourth-order valence-electron chi connectivity index (χ4n) is 2.18. The van der Waals surface area contributed by atoms with Crippen molar-refractivity contribution in [3.8, 4) is 0 Å². The van der Waals surface area contributed by atoms with E-state index in [2.05, 4.69) is 33.2 Å². The van der Waals surface area contributed by atoms with Crippen molar-refractivity contribution in [3.63, 3.8) is 0 Å². The number of alkyl halides is 1. The Morgan fingerprint density at radius 1 is 1.04 bits per heavy atom. The van der Waals surface area contributed by atoms with Gasteiger partial charge in [0.1, 0.15) is 0 Å². The molecule has 0 heterocycles. The largest absolute Gasteiger partial charge is 0.375 e. The molecule has 0 radical (unpaired) electrons. The SMILES string of the molecule is CN(C(=O)CNc1ccccc1C(=O)NCCI)c1ccccc1. The predicted octanol–water partition coefficient (Wildman–Crippen LogP) is 2.93. The third-order valence-electron chi connectivity index (χ3n) is 3.50. The van der Waals surface area contributed by atoms with Gasteiger partial charge in [-0.25, -0.2) is 0 Å². The summed E-state index contributed by atoms with van der Waals surface area (Å²) in [6, 6.07) is 16.6. The van der Waals surface area contributed by atoms with Crippen LogP contribution < -0.4 is 15.5 Å². The third-order valence-corrected chi connectivity index (χ3v) is 4.04. The van der Waals surface area contributed by atoms with Gasteiger partial charge in [-0.05, 0) is 24.3 Å². The second-order valence-corrected chi connectivity index (χ2v) is 6.21. The van der Waals surface area contributed by atoms with E-state index in [1.165, 1.54) is 0 Å². The number of anilines is 2. The lowest BCUT2D eigenvalue weighted by Gasteiger charge is -2.18. The molecule has 0 unspecified atom stereocenters. The molecule has 24 heavy (non-hydrogen) atoms. The summed E-state index contributed by atoms with van der Waals surface area (Å²) < 4.78 is 0.847. The number of nitrogens with zero attached hydrogens (tertiary/aromatic N) is 1. The van der Waals surface area contributed by atoms with E-state index in [4.69, 9.17) is 0 Å². The Hall–Kier alpha value is -2.09. The lowest BCUT2D eigenvalue weighted by atomic mass is 10.1. The Kier molecular flexibility index (Phi) is 7.05. The van der Waals surface area contributed by atoms with Crippen molar-refractivity contribution >= 4 is 45.8 Å². The fraction of sp³-hybridized carbons (Fsp3) is 0.222. The molecule has 0 aromatic heterocycles. The number of carbonyl (C=O) groups is 2. The molecule has 0 bridgehead atoms. The Morgan fingerprint density at radius 3 is 2.42 bits per heavy atom. The molecular weight excluding hydrogens is 417 g/mol. The summed E-state index contributed by atoms with van der Waals surface area (Å²) in [7, 11) is 1.73. The van der Waals surface area contributed by atoms with Gasteiger partial charge in [-0.1, -0.05) is 52.9 Å². The molecule has 0 aliphatic rings. The van der Waals surface area contributed by atoms with E-state index in [9.17, 15) is 9.59 Å². The monoisotopic (exact) mass is 437 g/mol. The molecule has 2 aromatic carbocycles. The Balaban J connectivity index is 2.01. The minimum Gasteiger partial charge on any atom is -0.375 e. The maximum absolute atomic E-state index is 12.3. The van der Waals surface area contributed by atoms with Crippen molar-refractivity contribution in [1.82, 2.24) is 5.32 Å². The van der Waals surface area contributed by atoms with Crippen molar-refractivity contribution in [2.75, 3.05) is 34.8 Å². The first-order valence-electron chi connectivity index (χ1n) is 7.62. The van der Waals surface area contributed by atoms with Crippen LogP contribution in [0, 0.1) is 0 Å². The van der Waals surface area contributed by atoms with Gasteiger partial charge in [-0.2, -0.15) is 0 Å². The van der Waals surface area contributed by atoms with Gasteiger partial charge in [0.25, 0.3) is 5.91 Å². The summed E-state index contributed by atoms with van der Waals surface area (Å²) in [4.78, 5) is 26.1. The molecule has 2 rings (SSSR count). The number of likely N-dealkylation sites (N-methyl/N-ethyl adjacent to an activating group) is 1. The highest BCUT2D eigenvalue weighted by Gasteiger charge is 2.13. The number of rotatable bonds is 7. The summed E-state index contributed by atoms with van der Waals surface area (Å²) in [5.74, 6) is -0.220. The maximum atomic E-state index is 12.3. The van der Waals surface area contributed by atoms with Crippen LogP contribution in [0.1, 0.15) is 10.4 Å². The van der Waals surface area contributed by atoms with Crippen molar-refractivity contribution in [1.29, 1.82) is 0 Å². The van der Waals surface area contributed by atoms with Gasteiger partial charge in [-0.15, -0.1) is 0 Å². The summed E-state index contributed by atoms with van der Waals surface area (Å²) in [5, 5.41) is 5.91. The highest BCUT2D eigenvalue weighted by Crippen LogP contribution is 2.16. The normalized spacial score (nSPS) is 10.1. The molecule has 0 fully saturated rings. The minimum absolute atomic E-state index is 0.0799. The van der Waals surface area contributed by atoms with Crippen LogP contribution in [0.15, 0.2) is 54.6 Å². The van der Waals surface area contributed by atoms with Crippen LogP contribution in [0.2, 0.25) is 0 Å². The molecule has 0 saturated carbocycles. The number of amides is 2. The van der Waals surface area contributed by atoms with E-state index in [0.29, 0.717) is 17.8 Å². The number of benzene rings is 2. The molecule has 0 aliphatic carbocycles. The lowest BCUT2D eigenvalue weighted by Crippen LogP contribution is -2.32. The van der Waals surface area contributed by atoms with Gasteiger partial charge < -0.3 is 15.5 Å². The Labute approximate surface area is 155 Å². The molecule has 2 aromatic rings. The number of carbonyl (C=O) groups excluding carboxylic acids is 2. The van der Waals surface area contributed by atoms with Crippen LogP contribution in [-0.4, -0.2) is 36.4 Å². The standard InChI is InChI=1S/C18H20IN3O2/c1-22(14-7-3-2-4-8-14)17(23)13-21-16-10-6-5-9-15(16)18(24)20-12-11-19/h2-10,21H,11-13H2,1H3,(H,20,24). The first kappa shape index (κ1) is 18.3. The third kappa shape index (κ3) is 4.95. The second-order valence-electron chi connectivity index (χ2n) is 5.13. The molecule has 6 heteroatoms. The molecule has 126 valence electrons. The Bertz CT molecular complexity index is 692. The Morgan fingerprint density at radius 2 is 1.71 bits per heavy atom. The summed E-state index contributed by atoms with van der Waals surface area (Å²) >= 11 is 2.21.